The summed E-state index contributed by atoms with van der Waals surface area (Å²) in [5.41, 5.74) is -0.986. The van der Waals surface area contributed by atoms with E-state index < -0.39 is 17.6 Å². The van der Waals surface area contributed by atoms with Crippen LogP contribution in [-0.2, 0) is 0 Å². The van der Waals surface area contributed by atoms with Crippen LogP contribution in [0.1, 0.15) is 6.92 Å². The van der Waals surface area contributed by atoms with Crippen LogP contribution in [0.3, 0.4) is 0 Å². The van der Waals surface area contributed by atoms with Crippen LogP contribution in [0.2, 0.25) is 0 Å². The number of halogens is 4. The normalized spacial score (nSPS) is 13.5. The second-order valence-corrected chi connectivity index (χ2v) is 1.77. The second-order valence-electron chi connectivity index (χ2n) is 1.77. The van der Waals surface area contributed by atoms with Crippen LogP contribution < -0.4 is 0 Å². The molecule has 0 bridgehead atoms. The minimum absolute atomic E-state index is 0.347. The molecule has 0 nitrogen and oxygen atoms in total. The Hall–Kier alpha value is -0.800. The highest BCUT2D eigenvalue weighted by atomic mass is 19.4. The predicted octanol–water partition coefficient (Wildman–Crippen LogP) is 2.98. The molecule has 0 atom stereocenters. The molecule has 0 saturated heterocycles. The van der Waals surface area contributed by atoms with Crippen molar-refractivity contribution in [1.29, 1.82) is 0 Å². The van der Waals surface area contributed by atoms with Gasteiger partial charge in [0.15, 0.2) is 0 Å². The highest BCUT2D eigenvalue weighted by Crippen LogP contribution is 2.25. The molecule has 0 fully saturated rings. The number of alkyl halides is 3. The summed E-state index contributed by atoms with van der Waals surface area (Å²) in [6.07, 6.45) is -4.10. The van der Waals surface area contributed by atoms with Gasteiger partial charge in [0, 0.05) is 5.57 Å². The molecule has 0 N–H and O–H groups in total. The molecule has 0 spiro atoms. The van der Waals surface area contributed by atoms with Gasteiger partial charge >= 0.3 is 6.18 Å². The summed E-state index contributed by atoms with van der Waals surface area (Å²) in [7, 11) is 0. The number of hydrogen-bond acceptors (Lipinski definition) is 0. The summed E-state index contributed by atoms with van der Waals surface area (Å²) in [4.78, 5) is 0. The standard InChI is InChI=1S/C6H6F4/c1-4(3-5(2)7)6(8,9)10/h3H,2H2,1H3/b4-3+. The first-order chi connectivity index (χ1) is 4.34. The monoisotopic (exact) mass is 154 g/mol. The van der Waals surface area contributed by atoms with Gasteiger partial charge in [0.05, 0.1) is 0 Å². The van der Waals surface area contributed by atoms with E-state index in [9.17, 15) is 17.6 Å². The van der Waals surface area contributed by atoms with Crippen molar-refractivity contribution in [1.82, 2.24) is 0 Å². The van der Waals surface area contributed by atoms with Gasteiger partial charge in [-0.15, -0.1) is 0 Å². The highest BCUT2D eigenvalue weighted by molar-refractivity contribution is 5.16. The first-order valence-electron chi connectivity index (χ1n) is 2.44. The molecule has 0 unspecified atom stereocenters. The Morgan fingerprint density at radius 3 is 1.90 bits per heavy atom. The van der Waals surface area contributed by atoms with Crippen LogP contribution in [0.5, 0.6) is 0 Å². The third-order valence-electron chi connectivity index (χ3n) is 0.820. The van der Waals surface area contributed by atoms with E-state index in [1.54, 1.807) is 0 Å². The lowest BCUT2D eigenvalue weighted by molar-refractivity contribution is -0.0914. The molecule has 0 aliphatic carbocycles. The topological polar surface area (TPSA) is 0 Å². The van der Waals surface area contributed by atoms with Gasteiger partial charge in [-0.1, -0.05) is 6.58 Å². The van der Waals surface area contributed by atoms with Gasteiger partial charge in [-0.3, -0.25) is 0 Å². The molecule has 0 aliphatic rings. The Labute approximate surface area is 55.8 Å². The van der Waals surface area contributed by atoms with Crippen molar-refractivity contribution in [3.8, 4) is 0 Å². The van der Waals surface area contributed by atoms with Gasteiger partial charge in [0.2, 0.25) is 0 Å². The van der Waals surface area contributed by atoms with E-state index in [-0.39, 0.29) is 0 Å². The van der Waals surface area contributed by atoms with Crippen LogP contribution in [0, 0.1) is 0 Å². The molecule has 0 amide bonds. The molecule has 0 rings (SSSR count). The molecule has 0 aromatic carbocycles. The lowest BCUT2D eigenvalue weighted by Crippen LogP contribution is -2.08. The summed E-state index contributed by atoms with van der Waals surface area (Å²) < 4.78 is 46.3. The van der Waals surface area contributed by atoms with Crippen LogP contribution in [0.25, 0.3) is 0 Å². The maximum absolute atomic E-state index is 11.7. The fourth-order valence-corrected chi connectivity index (χ4v) is 0.317. The van der Waals surface area contributed by atoms with E-state index in [4.69, 9.17) is 0 Å². The molecule has 0 aromatic heterocycles. The third kappa shape index (κ3) is 3.27. The fourth-order valence-electron chi connectivity index (χ4n) is 0.317. The van der Waals surface area contributed by atoms with Crippen molar-refractivity contribution >= 4 is 0 Å². The molecule has 58 valence electrons. The zero-order chi connectivity index (χ0) is 8.36. The summed E-state index contributed by atoms with van der Waals surface area (Å²) >= 11 is 0. The summed E-state index contributed by atoms with van der Waals surface area (Å²) in [5.74, 6) is -1.09. The van der Waals surface area contributed by atoms with E-state index in [0.717, 1.165) is 6.92 Å². The quantitative estimate of drug-likeness (QED) is 0.402. The average Bonchev–Trinajstić information content (AvgIpc) is 1.60. The molecule has 4 heteroatoms. The minimum Gasteiger partial charge on any atom is -0.208 e. The van der Waals surface area contributed by atoms with E-state index in [2.05, 4.69) is 6.58 Å². The first kappa shape index (κ1) is 9.20. The molecule has 0 radical (unpaired) electrons. The zero-order valence-corrected chi connectivity index (χ0v) is 5.30. The summed E-state index contributed by atoms with van der Waals surface area (Å²) in [5, 5.41) is 0. The van der Waals surface area contributed by atoms with Crippen molar-refractivity contribution in [2.75, 3.05) is 0 Å². The van der Waals surface area contributed by atoms with Crippen LogP contribution in [-0.4, -0.2) is 6.18 Å². The Balaban J connectivity index is 4.35. The Morgan fingerprint density at radius 2 is 1.80 bits per heavy atom. The van der Waals surface area contributed by atoms with E-state index >= 15 is 0 Å². The fraction of sp³-hybridized carbons (Fsp3) is 0.333. The predicted molar refractivity (Wildman–Crippen MR) is 30.1 cm³/mol. The molecule has 0 aromatic rings. The SMILES string of the molecule is C=C(F)/C=C(\C)C(F)(F)F. The molecule has 0 saturated carbocycles. The Kier molecular flexibility index (Phi) is 2.63. The van der Waals surface area contributed by atoms with E-state index in [0.29, 0.717) is 6.08 Å². The largest absolute Gasteiger partial charge is 0.412 e. The molecule has 0 heterocycles. The number of rotatable bonds is 1. The van der Waals surface area contributed by atoms with Gasteiger partial charge in [0.1, 0.15) is 5.83 Å². The van der Waals surface area contributed by atoms with Crippen LogP contribution >= 0.6 is 0 Å². The van der Waals surface area contributed by atoms with Crippen LogP contribution in [0.15, 0.2) is 24.1 Å². The van der Waals surface area contributed by atoms with Gasteiger partial charge in [0.25, 0.3) is 0 Å². The number of hydrogen-bond donors (Lipinski definition) is 0. The van der Waals surface area contributed by atoms with Gasteiger partial charge in [-0.25, -0.2) is 4.39 Å². The first-order valence-corrected chi connectivity index (χ1v) is 2.44. The summed E-state index contributed by atoms with van der Waals surface area (Å²) in [6, 6.07) is 0. The van der Waals surface area contributed by atoms with Crippen molar-refractivity contribution in [2.24, 2.45) is 0 Å². The van der Waals surface area contributed by atoms with Gasteiger partial charge in [-0.05, 0) is 13.0 Å². The van der Waals surface area contributed by atoms with Crippen molar-refractivity contribution in [3.05, 3.63) is 24.1 Å². The van der Waals surface area contributed by atoms with Crippen molar-refractivity contribution in [2.45, 2.75) is 13.1 Å². The van der Waals surface area contributed by atoms with Crippen LogP contribution in [0.4, 0.5) is 17.6 Å². The van der Waals surface area contributed by atoms with Crippen molar-refractivity contribution < 1.29 is 17.6 Å². The van der Waals surface area contributed by atoms with E-state index in [1.807, 2.05) is 0 Å². The molecule has 10 heavy (non-hydrogen) atoms. The molecule has 0 aliphatic heterocycles. The maximum atomic E-state index is 11.7. The Bertz CT molecular complexity index is 163. The minimum atomic E-state index is -4.45. The third-order valence-corrected chi connectivity index (χ3v) is 0.820. The zero-order valence-electron chi connectivity index (χ0n) is 5.30. The lowest BCUT2D eigenvalue weighted by atomic mass is 10.3. The molecular formula is C6H6F4. The second kappa shape index (κ2) is 2.86. The van der Waals surface area contributed by atoms with Crippen molar-refractivity contribution in [3.63, 3.8) is 0 Å². The van der Waals surface area contributed by atoms with Gasteiger partial charge in [-0.2, -0.15) is 13.2 Å². The number of allylic oxidation sites excluding steroid dienone is 3. The maximum Gasteiger partial charge on any atom is 0.412 e. The smallest absolute Gasteiger partial charge is 0.208 e. The van der Waals surface area contributed by atoms with Gasteiger partial charge < -0.3 is 0 Å². The van der Waals surface area contributed by atoms with E-state index in [1.165, 1.54) is 0 Å². The molecular weight excluding hydrogens is 148 g/mol. The summed E-state index contributed by atoms with van der Waals surface area (Å²) in [6.45, 7) is 3.45. The average molecular weight is 154 g/mol. The Morgan fingerprint density at radius 1 is 1.40 bits per heavy atom. The lowest BCUT2D eigenvalue weighted by Gasteiger charge is -2.04. The highest BCUT2D eigenvalue weighted by Gasteiger charge is 2.29.